The fourth-order valence-corrected chi connectivity index (χ4v) is 4.40. The normalized spacial score (nSPS) is 19.5. The van der Waals surface area contributed by atoms with E-state index in [0.29, 0.717) is 35.0 Å². The smallest absolute Gasteiger partial charge is 0.230 e. The number of nitrogens with zero attached hydrogens (tertiary/aromatic N) is 3. The zero-order valence-electron chi connectivity index (χ0n) is 16.4. The highest BCUT2D eigenvalue weighted by Crippen LogP contribution is 2.26. The van der Waals surface area contributed by atoms with Gasteiger partial charge in [-0.15, -0.1) is 10.2 Å². The number of rotatable bonds is 8. The number of benzene rings is 1. The predicted molar refractivity (Wildman–Crippen MR) is 113 cm³/mol. The summed E-state index contributed by atoms with van der Waals surface area (Å²) in [5.41, 5.74) is 0.931. The van der Waals surface area contributed by atoms with E-state index in [1.54, 1.807) is 7.11 Å². The molecule has 1 aliphatic rings. The molecule has 2 atom stereocenters. The Kier molecular flexibility index (Phi) is 7.76. The quantitative estimate of drug-likeness (QED) is 0.650. The summed E-state index contributed by atoms with van der Waals surface area (Å²) in [5.74, 6) is 1.68. The number of hydrogen-bond donors (Lipinski definition) is 1. The molecule has 1 aromatic heterocycles. The van der Waals surface area contributed by atoms with Gasteiger partial charge in [0, 0.05) is 23.7 Å². The third kappa shape index (κ3) is 5.49. The second-order valence-electron chi connectivity index (χ2n) is 7.18. The summed E-state index contributed by atoms with van der Waals surface area (Å²) in [5, 5.41) is 13.2. The zero-order chi connectivity index (χ0) is 19.9. The van der Waals surface area contributed by atoms with Crippen molar-refractivity contribution < 1.29 is 9.53 Å². The molecule has 1 fully saturated rings. The molecule has 1 heterocycles. The SMILES string of the molecule is COCCn1c(SCC(=O)N[C@@H]2CCCC[C@H]2C)nnc1-c1ccc(Cl)cc1. The highest BCUT2D eigenvalue weighted by Gasteiger charge is 2.23. The standard InChI is InChI=1S/C20H27ClN4O2S/c1-14-5-3-4-6-17(14)22-18(26)13-28-20-24-23-19(25(20)11-12-27-2)15-7-9-16(21)10-8-15/h7-10,14,17H,3-6,11-13H2,1-2H3,(H,22,26)/t14-,17-/m1/s1. The lowest BCUT2D eigenvalue weighted by atomic mass is 9.86. The monoisotopic (exact) mass is 422 g/mol. The molecule has 6 nitrogen and oxygen atoms in total. The molecule has 0 unspecified atom stereocenters. The van der Waals surface area contributed by atoms with Crippen molar-refractivity contribution >= 4 is 29.3 Å². The van der Waals surface area contributed by atoms with Crippen LogP contribution in [0.5, 0.6) is 0 Å². The van der Waals surface area contributed by atoms with Crippen molar-refractivity contribution in [2.75, 3.05) is 19.5 Å². The van der Waals surface area contributed by atoms with Gasteiger partial charge in [-0.3, -0.25) is 9.36 Å². The summed E-state index contributed by atoms with van der Waals surface area (Å²) < 4.78 is 7.23. The van der Waals surface area contributed by atoms with Crippen molar-refractivity contribution in [3.05, 3.63) is 29.3 Å². The van der Waals surface area contributed by atoms with Crippen molar-refractivity contribution in [1.29, 1.82) is 0 Å². The van der Waals surface area contributed by atoms with E-state index in [4.69, 9.17) is 16.3 Å². The van der Waals surface area contributed by atoms with E-state index in [2.05, 4.69) is 22.4 Å². The van der Waals surface area contributed by atoms with Crippen LogP contribution in [0.1, 0.15) is 32.6 Å². The Balaban J connectivity index is 1.67. The van der Waals surface area contributed by atoms with Crippen LogP contribution in [0.15, 0.2) is 29.4 Å². The van der Waals surface area contributed by atoms with Crippen molar-refractivity contribution in [2.45, 2.75) is 50.4 Å². The number of methoxy groups -OCH3 is 1. The first kappa shape index (κ1) is 21.1. The number of ether oxygens (including phenoxy) is 1. The van der Waals surface area contributed by atoms with Crippen LogP contribution in [0.4, 0.5) is 0 Å². The number of thioether (sulfide) groups is 1. The van der Waals surface area contributed by atoms with Gasteiger partial charge in [0.2, 0.25) is 5.91 Å². The number of aromatic nitrogens is 3. The lowest BCUT2D eigenvalue weighted by Gasteiger charge is -2.29. The number of amides is 1. The molecule has 1 amide bonds. The van der Waals surface area contributed by atoms with E-state index in [1.807, 2.05) is 28.8 Å². The van der Waals surface area contributed by atoms with Gasteiger partial charge in [0.05, 0.1) is 18.9 Å². The highest BCUT2D eigenvalue weighted by molar-refractivity contribution is 7.99. The van der Waals surface area contributed by atoms with Gasteiger partial charge in [0.25, 0.3) is 0 Å². The molecule has 1 aromatic carbocycles. The van der Waals surface area contributed by atoms with E-state index >= 15 is 0 Å². The lowest BCUT2D eigenvalue weighted by Crippen LogP contribution is -2.41. The fraction of sp³-hybridized carbons (Fsp3) is 0.550. The van der Waals surface area contributed by atoms with Crippen LogP contribution >= 0.6 is 23.4 Å². The summed E-state index contributed by atoms with van der Waals surface area (Å²) in [6, 6.07) is 7.79. The molecular weight excluding hydrogens is 396 g/mol. The molecule has 0 radical (unpaired) electrons. The molecule has 1 N–H and O–H groups in total. The number of hydrogen-bond acceptors (Lipinski definition) is 5. The maximum Gasteiger partial charge on any atom is 0.230 e. The molecule has 0 aliphatic heterocycles. The Hall–Kier alpha value is -1.57. The molecule has 8 heteroatoms. The summed E-state index contributed by atoms with van der Waals surface area (Å²) in [6.45, 7) is 3.38. The minimum Gasteiger partial charge on any atom is -0.383 e. The Bertz CT molecular complexity index is 781. The summed E-state index contributed by atoms with van der Waals surface area (Å²) in [6.07, 6.45) is 4.72. The van der Waals surface area contributed by atoms with E-state index in [1.165, 1.54) is 31.0 Å². The van der Waals surface area contributed by atoms with E-state index < -0.39 is 0 Å². The van der Waals surface area contributed by atoms with Crippen LogP contribution in [-0.4, -0.2) is 46.2 Å². The maximum atomic E-state index is 12.4. The van der Waals surface area contributed by atoms with Gasteiger partial charge in [0.1, 0.15) is 0 Å². The number of halogens is 1. The number of nitrogens with one attached hydrogen (secondary N) is 1. The third-order valence-corrected chi connectivity index (χ3v) is 6.35. The number of carbonyl (C=O) groups is 1. The Morgan fingerprint density at radius 2 is 2.04 bits per heavy atom. The second-order valence-corrected chi connectivity index (χ2v) is 8.56. The maximum absolute atomic E-state index is 12.4. The van der Waals surface area contributed by atoms with Crippen LogP contribution < -0.4 is 5.32 Å². The first-order chi connectivity index (χ1) is 13.6. The molecule has 1 aliphatic carbocycles. The van der Waals surface area contributed by atoms with Gasteiger partial charge in [-0.1, -0.05) is 43.1 Å². The molecule has 1 saturated carbocycles. The molecule has 3 rings (SSSR count). The van der Waals surface area contributed by atoms with Gasteiger partial charge in [-0.05, 0) is 43.0 Å². The minimum absolute atomic E-state index is 0.0538. The molecule has 0 bridgehead atoms. The molecule has 0 spiro atoms. The van der Waals surface area contributed by atoms with Gasteiger partial charge in [0.15, 0.2) is 11.0 Å². The predicted octanol–water partition coefficient (Wildman–Crippen LogP) is 4.03. The van der Waals surface area contributed by atoms with Crippen LogP contribution in [0.2, 0.25) is 5.02 Å². The Morgan fingerprint density at radius 3 is 2.75 bits per heavy atom. The van der Waals surface area contributed by atoms with Crippen molar-refractivity contribution in [3.8, 4) is 11.4 Å². The lowest BCUT2D eigenvalue weighted by molar-refractivity contribution is -0.119. The van der Waals surface area contributed by atoms with E-state index in [-0.39, 0.29) is 11.9 Å². The minimum atomic E-state index is 0.0538. The van der Waals surface area contributed by atoms with Gasteiger partial charge < -0.3 is 10.1 Å². The van der Waals surface area contributed by atoms with E-state index in [9.17, 15) is 4.79 Å². The van der Waals surface area contributed by atoms with Crippen LogP contribution in [0, 0.1) is 5.92 Å². The van der Waals surface area contributed by atoms with Crippen LogP contribution in [-0.2, 0) is 16.1 Å². The van der Waals surface area contributed by atoms with Crippen LogP contribution in [0.25, 0.3) is 11.4 Å². The van der Waals surface area contributed by atoms with Crippen LogP contribution in [0.3, 0.4) is 0 Å². The molecule has 28 heavy (non-hydrogen) atoms. The average Bonchev–Trinajstić information content (AvgIpc) is 3.10. The van der Waals surface area contributed by atoms with Gasteiger partial charge >= 0.3 is 0 Å². The van der Waals surface area contributed by atoms with Gasteiger partial charge in [-0.25, -0.2) is 0 Å². The summed E-state index contributed by atoms with van der Waals surface area (Å²) in [4.78, 5) is 12.4. The first-order valence-corrected chi connectivity index (χ1v) is 11.0. The Morgan fingerprint density at radius 1 is 1.29 bits per heavy atom. The fourth-order valence-electron chi connectivity index (χ4n) is 3.50. The van der Waals surface area contributed by atoms with Crippen molar-refractivity contribution in [3.63, 3.8) is 0 Å². The summed E-state index contributed by atoms with van der Waals surface area (Å²) in [7, 11) is 1.66. The second kappa shape index (κ2) is 10.3. The Labute approximate surface area is 175 Å². The summed E-state index contributed by atoms with van der Waals surface area (Å²) >= 11 is 7.40. The largest absolute Gasteiger partial charge is 0.383 e. The van der Waals surface area contributed by atoms with Crippen molar-refractivity contribution in [1.82, 2.24) is 20.1 Å². The van der Waals surface area contributed by atoms with Crippen molar-refractivity contribution in [2.24, 2.45) is 5.92 Å². The molecular formula is C20H27ClN4O2S. The highest BCUT2D eigenvalue weighted by atomic mass is 35.5. The van der Waals surface area contributed by atoms with Gasteiger partial charge in [-0.2, -0.15) is 0 Å². The third-order valence-electron chi connectivity index (χ3n) is 5.13. The molecule has 152 valence electrons. The average molecular weight is 423 g/mol. The van der Waals surface area contributed by atoms with E-state index in [0.717, 1.165) is 17.8 Å². The number of carbonyl (C=O) groups excluding carboxylic acids is 1. The molecule has 0 saturated heterocycles. The molecule has 2 aromatic rings. The first-order valence-electron chi connectivity index (χ1n) is 9.68. The topological polar surface area (TPSA) is 69.0 Å². The zero-order valence-corrected chi connectivity index (χ0v) is 17.9.